The number of amides is 1. The number of nitrogens with zero attached hydrogens (tertiary/aromatic N) is 1. The molecule has 1 atom stereocenters. The summed E-state index contributed by atoms with van der Waals surface area (Å²) in [5, 5.41) is 12.2. The van der Waals surface area contributed by atoms with Crippen molar-refractivity contribution in [2.45, 2.75) is 19.4 Å². The van der Waals surface area contributed by atoms with Crippen LogP contribution < -0.4 is 10.1 Å². The number of carboxylic acid groups (broad SMARTS) is 1. The summed E-state index contributed by atoms with van der Waals surface area (Å²) >= 11 is 0. The molecule has 2 N–H and O–H groups in total. The molecule has 1 aliphatic rings. The van der Waals surface area contributed by atoms with Gasteiger partial charge in [-0.2, -0.15) is 0 Å². The van der Waals surface area contributed by atoms with E-state index in [4.69, 9.17) is 9.47 Å². The van der Waals surface area contributed by atoms with E-state index in [1.165, 1.54) is 0 Å². The van der Waals surface area contributed by atoms with Crippen molar-refractivity contribution in [3.05, 3.63) is 59.9 Å². The number of rotatable bonds is 8. The SMILES string of the molecule is O=C(NCC(C(=O)O)C1CCOCC1)c1ccc(OCc2ccncc2)cc1. The van der Waals surface area contributed by atoms with Crippen molar-refractivity contribution in [2.24, 2.45) is 11.8 Å². The minimum Gasteiger partial charge on any atom is -0.489 e. The van der Waals surface area contributed by atoms with Crippen molar-refractivity contribution in [1.82, 2.24) is 10.3 Å². The minimum atomic E-state index is -0.882. The van der Waals surface area contributed by atoms with Crippen LogP contribution >= 0.6 is 0 Å². The molecule has 7 heteroatoms. The van der Waals surface area contributed by atoms with Crippen molar-refractivity contribution in [3.8, 4) is 5.75 Å². The highest BCUT2D eigenvalue weighted by atomic mass is 16.5. The molecule has 3 rings (SSSR count). The topological polar surface area (TPSA) is 97.8 Å². The second kappa shape index (κ2) is 9.85. The maximum Gasteiger partial charge on any atom is 0.308 e. The number of aliphatic carboxylic acids is 1. The number of hydrogen-bond donors (Lipinski definition) is 2. The summed E-state index contributed by atoms with van der Waals surface area (Å²) in [5.41, 5.74) is 1.47. The second-order valence-electron chi connectivity index (χ2n) is 6.77. The van der Waals surface area contributed by atoms with Gasteiger partial charge >= 0.3 is 5.97 Å². The van der Waals surface area contributed by atoms with E-state index in [0.29, 0.717) is 44.0 Å². The molecule has 0 radical (unpaired) electrons. The molecule has 0 aliphatic carbocycles. The van der Waals surface area contributed by atoms with Gasteiger partial charge in [-0.05, 0) is 60.7 Å². The smallest absolute Gasteiger partial charge is 0.308 e. The van der Waals surface area contributed by atoms with Crippen LogP contribution in [0.3, 0.4) is 0 Å². The van der Waals surface area contributed by atoms with Gasteiger partial charge in [-0.15, -0.1) is 0 Å². The molecule has 0 saturated carbocycles. The van der Waals surface area contributed by atoms with Crippen LogP contribution in [0.1, 0.15) is 28.8 Å². The number of ether oxygens (including phenoxy) is 2. The fourth-order valence-corrected chi connectivity index (χ4v) is 3.23. The average molecular weight is 384 g/mol. The van der Waals surface area contributed by atoms with Gasteiger partial charge < -0.3 is 19.9 Å². The van der Waals surface area contributed by atoms with E-state index in [1.807, 2.05) is 12.1 Å². The number of benzene rings is 1. The summed E-state index contributed by atoms with van der Waals surface area (Å²) in [6.07, 6.45) is 4.82. The molecular weight excluding hydrogens is 360 g/mol. The third-order valence-corrected chi connectivity index (χ3v) is 4.91. The predicted molar refractivity (Wildman–Crippen MR) is 102 cm³/mol. The van der Waals surface area contributed by atoms with Crippen molar-refractivity contribution in [3.63, 3.8) is 0 Å². The number of pyridine rings is 1. The number of nitrogens with one attached hydrogen (secondary N) is 1. The lowest BCUT2D eigenvalue weighted by molar-refractivity contribution is -0.144. The van der Waals surface area contributed by atoms with E-state index in [1.54, 1.807) is 36.7 Å². The number of hydrogen-bond acceptors (Lipinski definition) is 5. The maximum atomic E-state index is 12.4. The summed E-state index contributed by atoms with van der Waals surface area (Å²) in [7, 11) is 0. The molecule has 2 heterocycles. The first-order valence-electron chi connectivity index (χ1n) is 9.34. The molecule has 1 aromatic carbocycles. The van der Waals surface area contributed by atoms with Gasteiger partial charge in [0.25, 0.3) is 5.91 Å². The third kappa shape index (κ3) is 5.53. The quantitative estimate of drug-likeness (QED) is 0.726. The van der Waals surface area contributed by atoms with Crippen LogP contribution in [0.2, 0.25) is 0 Å². The Morgan fingerprint density at radius 3 is 2.46 bits per heavy atom. The Labute approximate surface area is 163 Å². The van der Waals surface area contributed by atoms with E-state index in [9.17, 15) is 14.7 Å². The number of aromatic nitrogens is 1. The maximum absolute atomic E-state index is 12.4. The molecule has 0 spiro atoms. The van der Waals surface area contributed by atoms with Gasteiger partial charge in [-0.1, -0.05) is 0 Å². The van der Waals surface area contributed by atoms with Gasteiger partial charge in [-0.3, -0.25) is 14.6 Å². The highest BCUT2D eigenvalue weighted by Crippen LogP contribution is 2.24. The zero-order chi connectivity index (χ0) is 19.8. The standard InChI is InChI=1S/C21H24N2O5/c24-20(23-13-19(21(25)26)16-7-11-27-12-8-16)17-1-3-18(4-2-17)28-14-15-5-9-22-10-6-15/h1-6,9-10,16,19H,7-8,11-14H2,(H,23,24)(H,25,26). The molecule has 1 saturated heterocycles. The fourth-order valence-electron chi connectivity index (χ4n) is 3.23. The van der Waals surface area contributed by atoms with Gasteiger partial charge in [-0.25, -0.2) is 0 Å². The molecule has 28 heavy (non-hydrogen) atoms. The summed E-state index contributed by atoms with van der Waals surface area (Å²) < 4.78 is 11.0. The van der Waals surface area contributed by atoms with Crippen molar-refractivity contribution < 1.29 is 24.2 Å². The summed E-state index contributed by atoms with van der Waals surface area (Å²) in [5.74, 6) is -1.10. The van der Waals surface area contributed by atoms with Crippen molar-refractivity contribution in [1.29, 1.82) is 0 Å². The molecule has 1 fully saturated rings. The summed E-state index contributed by atoms with van der Waals surface area (Å²) in [6, 6.07) is 10.5. The highest BCUT2D eigenvalue weighted by molar-refractivity contribution is 5.94. The Bertz CT molecular complexity index is 773. The number of carboxylic acids is 1. The van der Waals surface area contributed by atoms with E-state index in [2.05, 4.69) is 10.3 Å². The first kappa shape index (κ1) is 19.8. The highest BCUT2D eigenvalue weighted by Gasteiger charge is 2.30. The van der Waals surface area contributed by atoms with Gasteiger partial charge in [0, 0.05) is 37.7 Å². The molecule has 0 bridgehead atoms. The lowest BCUT2D eigenvalue weighted by atomic mass is 9.86. The van der Waals surface area contributed by atoms with E-state index >= 15 is 0 Å². The molecule has 1 unspecified atom stereocenters. The van der Waals surface area contributed by atoms with E-state index in [-0.39, 0.29) is 18.4 Å². The minimum absolute atomic E-state index is 0.0236. The van der Waals surface area contributed by atoms with E-state index < -0.39 is 11.9 Å². The Balaban J connectivity index is 1.51. The first-order valence-corrected chi connectivity index (χ1v) is 9.34. The Hall–Kier alpha value is -2.93. The van der Waals surface area contributed by atoms with Gasteiger partial charge in [0.05, 0.1) is 5.92 Å². The van der Waals surface area contributed by atoms with Crippen molar-refractivity contribution in [2.75, 3.05) is 19.8 Å². The largest absolute Gasteiger partial charge is 0.489 e. The third-order valence-electron chi connectivity index (χ3n) is 4.91. The molecule has 1 aliphatic heterocycles. The zero-order valence-electron chi connectivity index (χ0n) is 15.5. The molecular formula is C21H24N2O5. The lowest BCUT2D eigenvalue weighted by Gasteiger charge is -2.27. The molecule has 7 nitrogen and oxygen atoms in total. The van der Waals surface area contributed by atoms with Crippen molar-refractivity contribution >= 4 is 11.9 Å². The molecule has 1 aromatic heterocycles. The molecule has 148 valence electrons. The predicted octanol–water partition coefficient (Wildman–Crippen LogP) is 2.52. The van der Waals surface area contributed by atoms with Gasteiger partial charge in [0.15, 0.2) is 0 Å². The van der Waals surface area contributed by atoms with Crippen LogP contribution in [0.4, 0.5) is 0 Å². The number of carbonyl (C=O) groups excluding carboxylic acids is 1. The number of carbonyl (C=O) groups is 2. The van der Waals surface area contributed by atoms with Crippen LogP contribution in [0, 0.1) is 11.8 Å². The van der Waals surface area contributed by atoms with Crippen LogP contribution in [0.5, 0.6) is 5.75 Å². The first-order chi connectivity index (χ1) is 13.6. The molecule has 1 amide bonds. The Morgan fingerprint density at radius 1 is 1.14 bits per heavy atom. The normalized spacial score (nSPS) is 15.6. The Morgan fingerprint density at radius 2 is 1.82 bits per heavy atom. The Kier molecular flexibility index (Phi) is 6.97. The van der Waals surface area contributed by atoms with Crippen LogP contribution in [-0.2, 0) is 16.1 Å². The second-order valence-corrected chi connectivity index (χ2v) is 6.77. The van der Waals surface area contributed by atoms with Gasteiger partial charge in [0.1, 0.15) is 12.4 Å². The summed E-state index contributed by atoms with van der Waals surface area (Å²) in [6.45, 7) is 1.67. The average Bonchev–Trinajstić information content (AvgIpc) is 2.74. The molecule has 2 aromatic rings. The van der Waals surface area contributed by atoms with Crippen LogP contribution in [-0.4, -0.2) is 41.7 Å². The van der Waals surface area contributed by atoms with E-state index in [0.717, 1.165) is 5.56 Å². The zero-order valence-corrected chi connectivity index (χ0v) is 15.5. The lowest BCUT2D eigenvalue weighted by Crippen LogP contribution is -2.38. The monoisotopic (exact) mass is 384 g/mol. The summed E-state index contributed by atoms with van der Waals surface area (Å²) in [4.78, 5) is 27.9. The van der Waals surface area contributed by atoms with Crippen LogP contribution in [0.15, 0.2) is 48.8 Å². The van der Waals surface area contributed by atoms with Gasteiger partial charge in [0.2, 0.25) is 0 Å². The van der Waals surface area contributed by atoms with Crippen LogP contribution in [0.25, 0.3) is 0 Å². The fraction of sp³-hybridized carbons (Fsp3) is 0.381.